The van der Waals surface area contributed by atoms with Crippen LogP contribution in [0.5, 0.6) is 5.75 Å². The van der Waals surface area contributed by atoms with Crippen LogP contribution >= 0.6 is 0 Å². The van der Waals surface area contributed by atoms with E-state index in [-0.39, 0.29) is 17.0 Å². The van der Waals surface area contributed by atoms with Gasteiger partial charge in [-0.2, -0.15) is 0 Å². The number of amides is 1. The molecule has 0 aliphatic heterocycles. The van der Waals surface area contributed by atoms with Crippen molar-refractivity contribution in [3.63, 3.8) is 0 Å². The number of aromatic nitrogens is 1. The van der Waals surface area contributed by atoms with Gasteiger partial charge >= 0.3 is 0 Å². The monoisotopic (exact) mass is 312 g/mol. The summed E-state index contributed by atoms with van der Waals surface area (Å²) < 4.78 is 19.1. The fraction of sp³-hybridized carbons (Fsp3) is 0.0588. The maximum atomic E-state index is 14.1. The molecule has 6 heteroatoms. The summed E-state index contributed by atoms with van der Waals surface area (Å²) in [5.41, 5.74) is 0.419. The third-order valence-electron chi connectivity index (χ3n) is 3.37. The number of nitrogens with one attached hydrogen (secondary N) is 2. The Bertz CT molecular complexity index is 950. The van der Waals surface area contributed by atoms with Crippen molar-refractivity contribution in [2.75, 3.05) is 12.4 Å². The number of methoxy groups -OCH3 is 1. The van der Waals surface area contributed by atoms with Gasteiger partial charge in [0.25, 0.3) is 5.91 Å². The maximum absolute atomic E-state index is 14.1. The highest BCUT2D eigenvalue weighted by Crippen LogP contribution is 2.21. The van der Waals surface area contributed by atoms with Crippen LogP contribution in [-0.4, -0.2) is 18.0 Å². The van der Waals surface area contributed by atoms with Crippen LogP contribution in [0.1, 0.15) is 10.4 Å². The van der Waals surface area contributed by atoms with Gasteiger partial charge in [0.05, 0.1) is 12.6 Å². The van der Waals surface area contributed by atoms with E-state index in [1.54, 1.807) is 30.3 Å². The molecule has 23 heavy (non-hydrogen) atoms. The predicted molar refractivity (Wildman–Crippen MR) is 85.5 cm³/mol. The number of ether oxygens (including phenoxy) is 1. The minimum Gasteiger partial charge on any atom is -0.497 e. The van der Waals surface area contributed by atoms with E-state index in [1.807, 2.05) is 0 Å². The van der Waals surface area contributed by atoms with E-state index >= 15 is 0 Å². The molecule has 1 heterocycles. The highest BCUT2D eigenvalue weighted by molar-refractivity contribution is 6.05. The number of rotatable bonds is 3. The van der Waals surface area contributed by atoms with Gasteiger partial charge in [-0.05, 0) is 36.4 Å². The van der Waals surface area contributed by atoms with Crippen molar-refractivity contribution in [2.24, 2.45) is 0 Å². The Morgan fingerprint density at radius 3 is 2.78 bits per heavy atom. The van der Waals surface area contributed by atoms with Crippen LogP contribution in [0.4, 0.5) is 10.1 Å². The third kappa shape index (κ3) is 3.06. The standard InChI is InChI=1S/C17H13FN2O3/c1-23-13-4-2-3-11(8-13)17(22)19-12-7-10-5-6-15(21)20-16(10)14(18)9-12/h2-9H,1H3,(H,19,22)(H,20,21). The number of fused-ring (bicyclic) bond motifs is 1. The molecule has 0 saturated heterocycles. The maximum Gasteiger partial charge on any atom is 0.255 e. The number of halogens is 1. The van der Waals surface area contributed by atoms with Crippen LogP contribution in [-0.2, 0) is 0 Å². The van der Waals surface area contributed by atoms with Gasteiger partial charge in [-0.3, -0.25) is 9.59 Å². The summed E-state index contributed by atoms with van der Waals surface area (Å²) in [7, 11) is 1.51. The minimum atomic E-state index is -0.610. The van der Waals surface area contributed by atoms with E-state index in [2.05, 4.69) is 10.3 Å². The molecule has 0 atom stereocenters. The minimum absolute atomic E-state index is 0.108. The van der Waals surface area contributed by atoms with E-state index < -0.39 is 5.82 Å². The zero-order valence-electron chi connectivity index (χ0n) is 12.2. The zero-order chi connectivity index (χ0) is 16.4. The van der Waals surface area contributed by atoms with E-state index in [0.717, 1.165) is 6.07 Å². The predicted octanol–water partition coefficient (Wildman–Crippen LogP) is 2.93. The van der Waals surface area contributed by atoms with Crippen LogP contribution in [0.15, 0.2) is 53.3 Å². The number of H-pyrrole nitrogens is 1. The molecular weight excluding hydrogens is 299 g/mol. The first-order chi connectivity index (χ1) is 11.1. The normalized spacial score (nSPS) is 10.5. The first-order valence-electron chi connectivity index (χ1n) is 6.85. The lowest BCUT2D eigenvalue weighted by Crippen LogP contribution is -2.12. The number of hydrogen-bond donors (Lipinski definition) is 2. The quantitative estimate of drug-likeness (QED) is 0.781. The summed E-state index contributed by atoms with van der Waals surface area (Å²) in [4.78, 5) is 25.9. The summed E-state index contributed by atoms with van der Waals surface area (Å²) in [6.45, 7) is 0. The van der Waals surface area contributed by atoms with Gasteiger partial charge in [-0.15, -0.1) is 0 Å². The van der Waals surface area contributed by atoms with Crippen molar-refractivity contribution in [1.29, 1.82) is 0 Å². The molecular formula is C17H13FN2O3. The Hall–Kier alpha value is -3.15. The van der Waals surface area contributed by atoms with Crippen molar-refractivity contribution >= 4 is 22.5 Å². The van der Waals surface area contributed by atoms with Crippen molar-refractivity contribution in [3.8, 4) is 5.75 Å². The molecule has 0 aliphatic rings. The number of benzene rings is 2. The van der Waals surface area contributed by atoms with E-state index in [9.17, 15) is 14.0 Å². The summed E-state index contributed by atoms with van der Waals surface area (Å²) in [5.74, 6) is -0.437. The van der Waals surface area contributed by atoms with Crippen molar-refractivity contribution in [3.05, 3.63) is 70.3 Å². The van der Waals surface area contributed by atoms with E-state index in [1.165, 1.54) is 19.2 Å². The molecule has 0 radical (unpaired) electrons. The number of hydrogen-bond acceptors (Lipinski definition) is 3. The highest BCUT2D eigenvalue weighted by atomic mass is 19.1. The van der Waals surface area contributed by atoms with Gasteiger partial charge in [0, 0.05) is 22.7 Å². The average Bonchev–Trinajstić information content (AvgIpc) is 2.55. The van der Waals surface area contributed by atoms with Crippen LogP contribution in [0.3, 0.4) is 0 Å². The second kappa shape index (κ2) is 5.92. The SMILES string of the molecule is COc1cccc(C(=O)Nc2cc(F)c3[nH]c(=O)ccc3c2)c1. The molecule has 1 aromatic heterocycles. The second-order valence-corrected chi connectivity index (χ2v) is 4.93. The molecule has 2 aromatic carbocycles. The largest absolute Gasteiger partial charge is 0.497 e. The molecule has 0 saturated carbocycles. The van der Waals surface area contributed by atoms with Gasteiger partial charge in [-0.25, -0.2) is 4.39 Å². The van der Waals surface area contributed by atoms with Crippen LogP contribution in [0, 0.1) is 5.82 Å². The molecule has 3 aromatic rings. The summed E-state index contributed by atoms with van der Waals surface area (Å²) in [6, 6.07) is 12.2. The van der Waals surface area contributed by atoms with Crippen LogP contribution in [0.25, 0.3) is 10.9 Å². The molecule has 3 rings (SSSR count). The van der Waals surface area contributed by atoms with Gasteiger partial charge in [0.1, 0.15) is 11.6 Å². The average molecular weight is 312 g/mol. The Morgan fingerprint density at radius 1 is 1.17 bits per heavy atom. The van der Waals surface area contributed by atoms with Crippen LogP contribution in [0.2, 0.25) is 0 Å². The van der Waals surface area contributed by atoms with Gasteiger partial charge in [0.2, 0.25) is 5.56 Å². The molecule has 0 spiro atoms. The number of carbonyl (C=O) groups is 1. The summed E-state index contributed by atoms with van der Waals surface area (Å²) >= 11 is 0. The van der Waals surface area contributed by atoms with Crippen molar-refractivity contribution in [1.82, 2.24) is 4.98 Å². The molecule has 5 nitrogen and oxygen atoms in total. The fourth-order valence-corrected chi connectivity index (χ4v) is 2.26. The number of pyridine rings is 1. The number of aromatic amines is 1. The van der Waals surface area contributed by atoms with Gasteiger partial charge in [-0.1, -0.05) is 6.07 Å². The number of anilines is 1. The second-order valence-electron chi connectivity index (χ2n) is 4.93. The molecule has 0 aliphatic carbocycles. The molecule has 0 unspecified atom stereocenters. The third-order valence-corrected chi connectivity index (χ3v) is 3.37. The molecule has 1 amide bonds. The highest BCUT2D eigenvalue weighted by Gasteiger charge is 2.10. The van der Waals surface area contributed by atoms with Gasteiger partial charge in [0.15, 0.2) is 0 Å². The smallest absolute Gasteiger partial charge is 0.255 e. The lowest BCUT2D eigenvalue weighted by atomic mass is 10.1. The summed E-state index contributed by atoms with van der Waals surface area (Å²) in [5, 5.41) is 3.12. The van der Waals surface area contributed by atoms with Crippen LogP contribution < -0.4 is 15.6 Å². The molecule has 116 valence electrons. The molecule has 0 fully saturated rings. The van der Waals surface area contributed by atoms with Crippen molar-refractivity contribution in [2.45, 2.75) is 0 Å². The Kier molecular flexibility index (Phi) is 3.80. The van der Waals surface area contributed by atoms with Crippen molar-refractivity contribution < 1.29 is 13.9 Å². The topological polar surface area (TPSA) is 71.2 Å². The van der Waals surface area contributed by atoms with E-state index in [4.69, 9.17) is 4.74 Å². The first kappa shape index (κ1) is 14.8. The first-order valence-corrected chi connectivity index (χ1v) is 6.85. The Morgan fingerprint density at radius 2 is 2.00 bits per heavy atom. The zero-order valence-corrected chi connectivity index (χ0v) is 12.2. The molecule has 2 N–H and O–H groups in total. The lowest BCUT2D eigenvalue weighted by molar-refractivity contribution is 0.102. The van der Waals surface area contributed by atoms with Gasteiger partial charge < -0.3 is 15.0 Å². The van der Waals surface area contributed by atoms with E-state index in [0.29, 0.717) is 22.4 Å². The summed E-state index contributed by atoms with van der Waals surface area (Å²) in [6.07, 6.45) is 0. The lowest BCUT2D eigenvalue weighted by Gasteiger charge is -2.08. The Balaban J connectivity index is 1.93. The Labute approximate surface area is 130 Å². The number of carbonyl (C=O) groups excluding carboxylic acids is 1. The fourth-order valence-electron chi connectivity index (χ4n) is 2.26. The molecule has 0 bridgehead atoms.